The number of halogens is 5. The minimum absolute atomic E-state index is 0.00631. The largest absolute Gasteiger partial charge is 0.397 e. The number of piperazine rings is 1. The summed E-state index contributed by atoms with van der Waals surface area (Å²) >= 11 is 25.5. The summed E-state index contributed by atoms with van der Waals surface area (Å²) in [6.07, 6.45) is 3.46. The Morgan fingerprint density at radius 1 is 1.22 bits per heavy atom. The molecule has 9 nitrogen and oxygen atoms in total. The molecule has 45 heavy (non-hydrogen) atoms. The summed E-state index contributed by atoms with van der Waals surface area (Å²) < 4.78 is 15.7. The summed E-state index contributed by atoms with van der Waals surface area (Å²) in [7, 11) is 0. The molecule has 1 fully saturated rings. The highest BCUT2D eigenvalue weighted by Gasteiger charge is 2.42. The molecule has 0 saturated carbocycles. The zero-order valence-corrected chi connectivity index (χ0v) is 27.7. The van der Waals surface area contributed by atoms with Crippen molar-refractivity contribution in [2.75, 3.05) is 36.8 Å². The van der Waals surface area contributed by atoms with E-state index in [0.29, 0.717) is 43.1 Å². The Balaban J connectivity index is 1.79. The number of aliphatic hydroxyl groups excluding tert-OH is 1. The lowest BCUT2D eigenvalue weighted by Crippen LogP contribution is -2.52. The number of aromatic nitrogens is 1. The molecule has 1 aromatic heterocycles. The van der Waals surface area contributed by atoms with Crippen LogP contribution in [0.4, 0.5) is 15.9 Å². The van der Waals surface area contributed by atoms with Gasteiger partial charge in [-0.15, -0.1) is 0 Å². The normalized spacial score (nSPS) is 20.0. The Kier molecular flexibility index (Phi) is 9.32. The van der Waals surface area contributed by atoms with E-state index in [9.17, 15) is 15.2 Å². The molecule has 4 heterocycles. The van der Waals surface area contributed by atoms with Crippen LogP contribution in [0.2, 0.25) is 20.1 Å². The van der Waals surface area contributed by atoms with Crippen LogP contribution in [0.3, 0.4) is 0 Å². The molecule has 3 aliphatic rings. The lowest BCUT2D eigenvalue weighted by atomic mass is 9.90. The number of hydrogen-bond acceptors (Lipinski definition) is 8. The molecule has 5 rings (SSSR count). The van der Waals surface area contributed by atoms with Crippen molar-refractivity contribution in [2.24, 2.45) is 5.92 Å². The van der Waals surface area contributed by atoms with Gasteiger partial charge in [0.2, 0.25) is 5.91 Å². The second-order valence-corrected chi connectivity index (χ2v) is 12.7. The second-order valence-electron chi connectivity index (χ2n) is 11.2. The number of nitrogens with two attached hydrogens (primary N) is 1. The number of hydrogen-bond donors (Lipinski definition) is 3. The van der Waals surface area contributed by atoms with Crippen LogP contribution in [-0.4, -0.2) is 64.2 Å². The van der Waals surface area contributed by atoms with Gasteiger partial charge in [-0.1, -0.05) is 66.8 Å². The summed E-state index contributed by atoms with van der Waals surface area (Å²) in [5.41, 5.74) is 8.08. The number of dihydropyridines is 1. The number of nitriles is 1. The van der Waals surface area contributed by atoms with E-state index in [1.807, 2.05) is 37.9 Å². The molecule has 2 atom stereocenters. The van der Waals surface area contributed by atoms with Crippen molar-refractivity contribution in [2.45, 2.75) is 33.0 Å². The molecular formula is C31H30Cl4FN7O2. The molecule has 1 amide bonds. The third-order valence-corrected chi connectivity index (χ3v) is 9.78. The first-order valence-electron chi connectivity index (χ1n) is 14.1. The predicted octanol–water partition coefficient (Wildman–Crippen LogP) is 6.20. The van der Waals surface area contributed by atoms with Crippen molar-refractivity contribution in [1.82, 2.24) is 20.1 Å². The Morgan fingerprint density at radius 3 is 2.49 bits per heavy atom. The van der Waals surface area contributed by atoms with E-state index in [-0.39, 0.29) is 61.3 Å². The highest BCUT2D eigenvalue weighted by atomic mass is 35.5. The number of nitrogens with one attached hydrogen (secondary N) is 1. The van der Waals surface area contributed by atoms with Crippen molar-refractivity contribution in [3.05, 3.63) is 79.3 Å². The highest BCUT2D eigenvalue weighted by molar-refractivity contribution is 6.49. The lowest BCUT2D eigenvalue weighted by molar-refractivity contribution is -0.127. The molecule has 1 unspecified atom stereocenters. The predicted molar refractivity (Wildman–Crippen MR) is 177 cm³/mol. The first-order chi connectivity index (χ1) is 21.3. The molecule has 3 aliphatic heterocycles. The maximum absolute atomic E-state index is 15.7. The topological polar surface area (TPSA) is 122 Å². The number of nitrogens with zero attached hydrogens (tertiary/aromatic N) is 5. The first kappa shape index (κ1) is 32.9. The van der Waals surface area contributed by atoms with Gasteiger partial charge in [0, 0.05) is 37.4 Å². The van der Waals surface area contributed by atoms with Gasteiger partial charge in [0.1, 0.15) is 17.5 Å². The van der Waals surface area contributed by atoms with Crippen LogP contribution in [0.15, 0.2) is 47.8 Å². The molecule has 0 aliphatic carbocycles. The number of rotatable bonds is 5. The fourth-order valence-corrected chi connectivity index (χ4v) is 6.77. The number of nitrogen functional groups attached to an aromatic ring is 1. The number of carbonyl (C=O) groups is 1. The molecule has 14 heteroatoms. The number of carbonyl (C=O) groups excluding carboxylic acids is 1. The van der Waals surface area contributed by atoms with E-state index in [4.69, 9.17) is 57.1 Å². The molecular weight excluding hydrogens is 663 g/mol. The van der Waals surface area contributed by atoms with Crippen LogP contribution in [0.5, 0.6) is 0 Å². The number of benzene rings is 1. The van der Waals surface area contributed by atoms with Gasteiger partial charge in [-0.05, 0) is 42.8 Å². The zero-order chi connectivity index (χ0) is 32.9. The third-order valence-electron chi connectivity index (χ3n) is 8.17. The molecule has 0 radical (unpaired) electrons. The third kappa shape index (κ3) is 5.51. The van der Waals surface area contributed by atoms with Gasteiger partial charge in [0.05, 0.1) is 48.8 Å². The fraction of sp³-hybridized carbons (Fsp3) is 0.323. The fourth-order valence-electron chi connectivity index (χ4n) is 5.92. The van der Waals surface area contributed by atoms with E-state index in [2.05, 4.69) is 18.0 Å². The van der Waals surface area contributed by atoms with Gasteiger partial charge < -0.3 is 26.0 Å². The van der Waals surface area contributed by atoms with E-state index in [0.717, 1.165) is 5.57 Å². The standard InChI is InChI=1S/C31H30Cl4FN7O2/c1-5-19(44)41-8-10-42(11-9-41)29-16-12-18(32)27(20-24(36)22(34)21(33)23(35)25(20)38)40-30(16)43(31(45)17(29)13-37)28-15(4)6-7-39-26(28)14(2)3/h5-7,12,14,26,31,39,45H,1,8-11,38H2,2-4H3/t26-,31?/m1/s1. The molecule has 1 aromatic carbocycles. The van der Waals surface area contributed by atoms with Crippen molar-refractivity contribution in [3.63, 3.8) is 0 Å². The monoisotopic (exact) mass is 691 g/mol. The number of fused-ring (bicyclic) bond motifs is 1. The Bertz CT molecular complexity index is 1710. The maximum atomic E-state index is 15.7. The summed E-state index contributed by atoms with van der Waals surface area (Å²) in [5, 5.41) is 25.0. The van der Waals surface area contributed by atoms with Crippen LogP contribution in [0.25, 0.3) is 17.0 Å². The smallest absolute Gasteiger partial charge is 0.246 e. The van der Waals surface area contributed by atoms with Gasteiger partial charge in [0.15, 0.2) is 12.0 Å². The van der Waals surface area contributed by atoms with Crippen LogP contribution < -0.4 is 16.0 Å². The summed E-state index contributed by atoms with van der Waals surface area (Å²) in [5.74, 6) is -0.905. The van der Waals surface area contributed by atoms with Crippen LogP contribution >= 0.6 is 46.4 Å². The van der Waals surface area contributed by atoms with Gasteiger partial charge in [-0.2, -0.15) is 5.26 Å². The molecule has 1 saturated heterocycles. The van der Waals surface area contributed by atoms with Crippen LogP contribution in [-0.2, 0) is 4.79 Å². The minimum atomic E-state index is -1.48. The maximum Gasteiger partial charge on any atom is 0.246 e. The van der Waals surface area contributed by atoms with Crippen molar-refractivity contribution in [1.29, 1.82) is 5.26 Å². The Hall–Kier alpha value is -3.46. The van der Waals surface area contributed by atoms with Crippen molar-refractivity contribution < 1.29 is 14.3 Å². The second kappa shape index (κ2) is 12.7. The number of allylic oxidation sites excluding steroid dienone is 2. The van der Waals surface area contributed by atoms with E-state index in [1.165, 1.54) is 6.08 Å². The quantitative estimate of drug-likeness (QED) is 0.147. The van der Waals surface area contributed by atoms with Gasteiger partial charge in [0.25, 0.3) is 0 Å². The minimum Gasteiger partial charge on any atom is -0.397 e. The molecule has 2 aromatic rings. The average Bonchev–Trinajstić information content (AvgIpc) is 3.02. The van der Waals surface area contributed by atoms with Gasteiger partial charge in [-0.3, -0.25) is 9.69 Å². The average molecular weight is 693 g/mol. The highest BCUT2D eigenvalue weighted by Crippen LogP contribution is 2.49. The summed E-state index contributed by atoms with van der Waals surface area (Å²) in [6.45, 7) is 10.9. The van der Waals surface area contributed by atoms with Crippen LogP contribution in [0.1, 0.15) is 26.3 Å². The van der Waals surface area contributed by atoms with E-state index < -0.39 is 17.1 Å². The number of anilines is 2. The SMILES string of the molecule is C=CC(=O)N1CCN(C2=C(C#N)C(O)N(C3=C(C)C=CN[C@@H]3C(C)C)c3nc(-c4c(N)c(Cl)c(Cl)c(Cl)c4F)c(Cl)cc32)CC1. The van der Waals surface area contributed by atoms with Crippen molar-refractivity contribution >= 4 is 69.5 Å². The van der Waals surface area contributed by atoms with E-state index >= 15 is 4.39 Å². The molecule has 0 spiro atoms. The van der Waals surface area contributed by atoms with Gasteiger partial charge in [-0.25, -0.2) is 9.37 Å². The van der Waals surface area contributed by atoms with Crippen LogP contribution in [0, 0.1) is 23.1 Å². The molecule has 4 N–H and O–H groups in total. The van der Waals surface area contributed by atoms with Crippen molar-refractivity contribution in [3.8, 4) is 17.3 Å². The number of pyridine rings is 1. The Labute approximate surface area is 280 Å². The Morgan fingerprint density at radius 2 is 1.89 bits per heavy atom. The summed E-state index contributed by atoms with van der Waals surface area (Å²) in [6, 6.07) is 3.49. The van der Waals surface area contributed by atoms with E-state index in [1.54, 1.807) is 15.9 Å². The first-order valence-corrected chi connectivity index (χ1v) is 15.6. The van der Waals surface area contributed by atoms with Gasteiger partial charge >= 0.3 is 0 Å². The lowest BCUT2D eigenvalue weighted by Gasteiger charge is -2.45. The summed E-state index contributed by atoms with van der Waals surface area (Å²) in [4.78, 5) is 22.2. The molecule has 0 bridgehead atoms. The zero-order valence-electron chi connectivity index (χ0n) is 24.6. The number of amides is 1. The number of aliphatic hydroxyl groups is 1. The molecule has 236 valence electrons.